The van der Waals surface area contributed by atoms with Gasteiger partial charge in [-0.2, -0.15) is 0 Å². The van der Waals surface area contributed by atoms with Gasteiger partial charge < -0.3 is 4.74 Å². The minimum atomic E-state index is 0.446. The zero-order valence-electron chi connectivity index (χ0n) is 8.60. The Kier molecular flexibility index (Phi) is 1.92. The summed E-state index contributed by atoms with van der Waals surface area (Å²) in [5, 5.41) is 0. The lowest BCUT2D eigenvalue weighted by Crippen LogP contribution is -2.27. The van der Waals surface area contributed by atoms with Gasteiger partial charge in [-0.15, -0.1) is 0 Å². The number of fused-ring (bicyclic) bond motifs is 1. The van der Waals surface area contributed by atoms with Crippen molar-refractivity contribution in [3.05, 3.63) is 35.7 Å². The fourth-order valence-corrected chi connectivity index (χ4v) is 1.88. The number of ether oxygens (including phenoxy) is 1. The van der Waals surface area contributed by atoms with Crippen LogP contribution < -0.4 is 0 Å². The van der Waals surface area contributed by atoms with Gasteiger partial charge in [0.15, 0.2) is 0 Å². The summed E-state index contributed by atoms with van der Waals surface area (Å²) in [6.45, 7) is 3.59. The lowest BCUT2D eigenvalue weighted by atomic mass is 10.0. The third-order valence-electron chi connectivity index (χ3n) is 2.81. The van der Waals surface area contributed by atoms with Gasteiger partial charge in [-0.1, -0.05) is 12.1 Å². The SMILES string of the molecule is Cc1nc2ccccc2nc1C1COC1. The molecular weight excluding hydrogens is 188 g/mol. The molecule has 1 aromatic carbocycles. The van der Waals surface area contributed by atoms with E-state index in [9.17, 15) is 0 Å². The van der Waals surface area contributed by atoms with Gasteiger partial charge in [0.1, 0.15) is 0 Å². The molecule has 0 unspecified atom stereocenters. The number of aromatic nitrogens is 2. The molecule has 1 aromatic heterocycles. The van der Waals surface area contributed by atoms with Gasteiger partial charge in [0.25, 0.3) is 0 Å². The summed E-state index contributed by atoms with van der Waals surface area (Å²) in [7, 11) is 0. The maximum absolute atomic E-state index is 5.19. The van der Waals surface area contributed by atoms with Gasteiger partial charge in [-0.25, -0.2) is 9.97 Å². The Morgan fingerprint density at radius 1 is 1.13 bits per heavy atom. The van der Waals surface area contributed by atoms with E-state index < -0.39 is 0 Å². The molecule has 1 fully saturated rings. The third kappa shape index (κ3) is 1.39. The Morgan fingerprint density at radius 3 is 2.40 bits per heavy atom. The van der Waals surface area contributed by atoms with E-state index in [1.54, 1.807) is 0 Å². The molecule has 0 atom stereocenters. The van der Waals surface area contributed by atoms with Crippen LogP contribution in [0.5, 0.6) is 0 Å². The minimum Gasteiger partial charge on any atom is -0.380 e. The highest BCUT2D eigenvalue weighted by atomic mass is 16.5. The van der Waals surface area contributed by atoms with Crippen LogP contribution in [0.15, 0.2) is 24.3 Å². The lowest BCUT2D eigenvalue weighted by molar-refractivity contribution is 0.00641. The molecule has 2 heterocycles. The number of para-hydroxylation sites is 2. The van der Waals surface area contributed by atoms with Crippen LogP contribution in [0, 0.1) is 6.92 Å². The topological polar surface area (TPSA) is 35.0 Å². The molecule has 0 spiro atoms. The number of nitrogens with zero attached hydrogens (tertiary/aromatic N) is 2. The molecule has 0 amide bonds. The van der Waals surface area contributed by atoms with Crippen molar-refractivity contribution >= 4 is 11.0 Å². The Balaban J connectivity index is 2.17. The second-order valence-corrected chi connectivity index (χ2v) is 3.92. The van der Waals surface area contributed by atoms with E-state index in [-0.39, 0.29) is 0 Å². The number of aryl methyl sites for hydroxylation is 1. The summed E-state index contributed by atoms with van der Waals surface area (Å²) < 4.78 is 5.19. The van der Waals surface area contributed by atoms with E-state index in [1.165, 1.54) is 0 Å². The number of benzene rings is 1. The molecule has 76 valence electrons. The monoisotopic (exact) mass is 200 g/mol. The predicted molar refractivity (Wildman–Crippen MR) is 57.8 cm³/mol. The number of hydrogen-bond acceptors (Lipinski definition) is 3. The van der Waals surface area contributed by atoms with Crippen molar-refractivity contribution in [2.75, 3.05) is 13.2 Å². The molecule has 2 aromatic rings. The highest BCUT2D eigenvalue weighted by molar-refractivity contribution is 5.74. The lowest BCUT2D eigenvalue weighted by Gasteiger charge is -2.26. The van der Waals surface area contributed by atoms with E-state index >= 15 is 0 Å². The second kappa shape index (κ2) is 3.28. The maximum atomic E-state index is 5.19. The first-order valence-corrected chi connectivity index (χ1v) is 5.15. The molecule has 0 bridgehead atoms. The standard InChI is InChI=1S/C12H12N2O/c1-8-12(9-6-15-7-9)14-11-5-3-2-4-10(11)13-8/h2-5,9H,6-7H2,1H3. The van der Waals surface area contributed by atoms with Crippen LogP contribution in [0.2, 0.25) is 0 Å². The summed E-state index contributed by atoms with van der Waals surface area (Å²) in [4.78, 5) is 9.21. The van der Waals surface area contributed by atoms with Crippen molar-refractivity contribution in [1.29, 1.82) is 0 Å². The van der Waals surface area contributed by atoms with Crippen LogP contribution >= 0.6 is 0 Å². The van der Waals surface area contributed by atoms with Crippen molar-refractivity contribution in [3.8, 4) is 0 Å². The molecule has 0 radical (unpaired) electrons. The zero-order chi connectivity index (χ0) is 10.3. The molecule has 3 rings (SSSR count). The van der Waals surface area contributed by atoms with Crippen LogP contribution in [0.3, 0.4) is 0 Å². The first-order valence-electron chi connectivity index (χ1n) is 5.15. The summed E-state index contributed by atoms with van der Waals surface area (Å²) in [5.74, 6) is 0.446. The van der Waals surface area contributed by atoms with Crippen LogP contribution in [0.1, 0.15) is 17.3 Å². The van der Waals surface area contributed by atoms with Crippen LogP contribution in [-0.4, -0.2) is 23.2 Å². The van der Waals surface area contributed by atoms with Crippen molar-refractivity contribution in [2.45, 2.75) is 12.8 Å². The van der Waals surface area contributed by atoms with Crippen molar-refractivity contribution < 1.29 is 4.74 Å². The van der Waals surface area contributed by atoms with E-state index in [4.69, 9.17) is 4.74 Å². The minimum absolute atomic E-state index is 0.446. The van der Waals surface area contributed by atoms with Crippen LogP contribution in [-0.2, 0) is 4.74 Å². The van der Waals surface area contributed by atoms with Crippen molar-refractivity contribution in [3.63, 3.8) is 0 Å². The normalized spacial score (nSPS) is 16.6. The molecule has 15 heavy (non-hydrogen) atoms. The quantitative estimate of drug-likeness (QED) is 0.706. The van der Waals surface area contributed by atoms with Crippen LogP contribution in [0.25, 0.3) is 11.0 Å². The average Bonchev–Trinajstić information content (AvgIpc) is 2.16. The molecule has 3 heteroatoms. The summed E-state index contributed by atoms with van der Waals surface area (Å²) in [5.41, 5.74) is 4.07. The van der Waals surface area contributed by atoms with Gasteiger partial charge in [0.2, 0.25) is 0 Å². The summed E-state index contributed by atoms with van der Waals surface area (Å²) in [6.07, 6.45) is 0. The molecule has 1 aliphatic heterocycles. The Hall–Kier alpha value is -1.48. The van der Waals surface area contributed by atoms with Gasteiger partial charge >= 0.3 is 0 Å². The van der Waals surface area contributed by atoms with Gasteiger partial charge in [0, 0.05) is 5.92 Å². The number of rotatable bonds is 1. The highest BCUT2D eigenvalue weighted by Crippen LogP contribution is 2.25. The Morgan fingerprint density at radius 2 is 1.80 bits per heavy atom. The third-order valence-corrected chi connectivity index (χ3v) is 2.81. The zero-order valence-corrected chi connectivity index (χ0v) is 8.60. The van der Waals surface area contributed by atoms with E-state index in [1.807, 2.05) is 31.2 Å². The smallest absolute Gasteiger partial charge is 0.0890 e. The molecule has 1 saturated heterocycles. The first-order chi connectivity index (χ1) is 7.34. The fraction of sp³-hybridized carbons (Fsp3) is 0.333. The molecule has 0 N–H and O–H groups in total. The second-order valence-electron chi connectivity index (χ2n) is 3.92. The van der Waals surface area contributed by atoms with Crippen molar-refractivity contribution in [2.24, 2.45) is 0 Å². The van der Waals surface area contributed by atoms with E-state index in [2.05, 4.69) is 9.97 Å². The highest BCUT2D eigenvalue weighted by Gasteiger charge is 2.24. The average molecular weight is 200 g/mol. The van der Waals surface area contributed by atoms with Gasteiger partial charge in [0.05, 0.1) is 35.6 Å². The van der Waals surface area contributed by atoms with Crippen molar-refractivity contribution in [1.82, 2.24) is 9.97 Å². The number of hydrogen-bond donors (Lipinski definition) is 0. The van der Waals surface area contributed by atoms with Crippen LogP contribution in [0.4, 0.5) is 0 Å². The fourth-order valence-electron chi connectivity index (χ4n) is 1.88. The maximum Gasteiger partial charge on any atom is 0.0890 e. The molecule has 3 nitrogen and oxygen atoms in total. The van der Waals surface area contributed by atoms with Gasteiger partial charge in [-0.3, -0.25) is 0 Å². The molecular formula is C12H12N2O. The molecule has 0 saturated carbocycles. The summed E-state index contributed by atoms with van der Waals surface area (Å²) in [6, 6.07) is 7.98. The van der Waals surface area contributed by atoms with Gasteiger partial charge in [-0.05, 0) is 19.1 Å². The predicted octanol–water partition coefficient (Wildman–Crippen LogP) is 2.05. The largest absolute Gasteiger partial charge is 0.380 e. The van der Waals surface area contributed by atoms with E-state index in [0.29, 0.717) is 5.92 Å². The summed E-state index contributed by atoms with van der Waals surface area (Å²) >= 11 is 0. The van der Waals surface area contributed by atoms with E-state index in [0.717, 1.165) is 35.6 Å². The first kappa shape index (κ1) is 8.80. The Bertz CT molecular complexity index is 506. The molecule has 1 aliphatic rings. The Labute approximate surface area is 88.1 Å². The molecule has 0 aliphatic carbocycles.